The first-order valence-electron chi connectivity index (χ1n) is 6.91. The zero-order chi connectivity index (χ0) is 16.4. The fourth-order valence-electron chi connectivity index (χ4n) is 2.12. The molecule has 1 aliphatic rings. The molecule has 0 aromatic heterocycles. The van der Waals surface area contributed by atoms with Crippen molar-refractivity contribution in [1.29, 1.82) is 0 Å². The Morgan fingerprint density at radius 1 is 0.957 bits per heavy atom. The molecule has 0 fully saturated rings. The number of nitrogens with one attached hydrogen (secondary N) is 1. The molecule has 1 heterocycles. The molecule has 2 aromatic rings. The van der Waals surface area contributed by atoms with Crippen LogP contribution >= 0.6 is 0 Å². The lowest BCUT2D eigenvalue weighted by molar-refractivity contribution is 0.102. The van der Waals surface area contributed by atoms with Gasteiger partial charge >= 0.3 is 0 Å². The molecule has 0 atom stereocenters. The summed E-state index contributed by atoms with van der Waals surface area (Å²) in [5.41, 5.74) is -0.264. The van der Waals surface area contributed by atoms with Crippen LogP contribution < -0.4 is 14.8 Å². The standard InChI is InChI=1S/C16H12F3NO3/c17-10-3-4-11(15(19)14(10)18)20-16(21)9-2-5-12-13(8-9)23-7-1-6-22-12/h2-5,8H,1,6-7H2,(H,20,21). The van der Waals surface area contributed by atoms with Gasteiger partial charge in [-0.3, -0.25) is 4.79 Å². The van der Waals surface area contributed by atoms with Gasteiger partial charge < -0.3 is 14.8 Å². The van der Waals surface area contributed by atoms with E-state index in [0.29, 0.717) is 24.7 Å². The first-order chi connectivity index (χ1) is 11.1. The molecule has 7 heteroatoms. The number of hydrogen-bond acceptors (Lipinski definition) is 3. The molecule has 2 aromatic carbocycles. The van der Waals surface area contributed by atoms with Crippen LogP contribution in [0, 0.1) is 17.5 Å². The maximum atomic E-state index is 13.6. The highest BCUT2D eigenvalue weighted by Crippen LogP contribution is 2.31. The maximum absolute atomic E-state index is 13.6. The van der Waals surface area contributed by atoms with Gasteiger partial charge in [-0.05, 0) is 30.3 Å². The topological polar surface area (TPSA) is 47.6 Å². The minimum Gasteiger partial charge on any atom is -0.490 e. The van der Waals surface area contributed by atoms with Gasteiger partial charge in [0.05, 0.1) is 18.9 Å². The van der Waals surface area contributed by atoms with E-state index in [1.807, 2.05) is 0 Å². The van der Waals surface area contributed by atoms with Gasteiger partial charge in [0.25, 0.3) is 5.91 Å². The van der Waals surface area contributed by atoms with Crippen molar-refractivity contribution in [2.45, 2.75) is 6.42 Å². The highest BCUT2D eigenvalue weighted by Gasteiger charge is 2.18. The van der Waals surface area contributed by atoms with E-state index in [-0.39, 0.29) is 5.56 Å². The Hall–Kier alpha value is -2.70. The lowest BCUT2D eigenvalue weighted by atomic mass is 10.1. The van der Waals surface area contributed by atoms with E-state index >= 15 is 0 Å². The summed E-state index contributed by atoms with van der Waals surface area (Å²) < 4.78 is 50.6. The molecule has 0 spiro atoms. The van der Waals surface area contributed by atoms with Crippen molar-refractivity contribution in [3.05, 3.63) is 53.3 Å². The third-order valence-corrected chi connectivity index (χ3v) is 3.29. The highest BCUT2D eigenvalue weighted by atomic mass is 19.2. The molecular formula is C16H12F3NO3. The number of anilines is 1. The molecule has 0 saturated heterocycles. The van der Waals surface area contributed by atoms with E-state index in [2.05, 4.69) is 5.32 Å². The zero-order valence-corrected chi connectivity index (χ0v) is 11.9. The minimum atomic E-state index is -1.64. The van der Waals surface area contributed by atoms with Crippen molar-refractivity contribution < 1.29 is 27.4 Å². The van der Waals surface area contributed by atoms with Crippen LogP contribution in [0.4, 0.5) is 18.9 Å². The molecule has 0 bridgehead atoms. The molecule has 0 unspecified atom stereocenters. The lowest BCUT2D eigenvalue weighted by Gasteiger charge is -2.10. The molecule has 120 valence electrons. The summed E-state index contributed by atoms with van der Waals surface area (Å²) >= 11 is 0. The Kier molecular flexibility index (Phi) is 4.10. The van der Waals surface area contributed by atoms with Crippen molar-refractivity contribution in [3.63, 3.8) is 0 Å². The average Bonchev–Trinajstić information content (AvgIpc) is 2.80. The van der Waals surface area contributed by atoms with Crippen LogP contribution in [-0.4, -0.2) is 19.1 Å². The number of fused-ring (bicyclic) bond motifs is 1. The van der Waals surface area contributed by atoms with Gasteiger partial charge in [-0.25, -0.2) is 13.2 Å². The van der Waals surface area contributed by atoms with Gasteiger partial charge in [-0.2, -0.15) is 0 Å². The normalized spacial score (nSPS) is 13.3. The summed E-state index contributed by atoms with van der Waals surface area (Å²) in [5, 5.41) is 2.20. The average molecular weight is 323 g/mol. The largest absolute Gasteiger partial charge is 0.490 e. The van der Waals surface area contributed by atoms with Gasteiger partial charge in [0.2, 0.25) is 0 Å². The van der Waals surface area contributed by atoms with E-state index in [1.165, 1.54) is 12.1 Å². The summed E-state index contributed by atoms with van der Waals surface area (Å²) in [5.74, 6) is -4.17. The third kappa shape index (κ3) is 3.08. The van der Waals surface area contributed by atoms with E-state index in [9.17, 15) is 18.0 Å². The summed E-state index contributed by atoms with van der Waals surface area (Å²) in [6, 6.07) is 6.18. The van der Waals surface area contributed by atoms with Crippen LogP contribution in [-0.2, 0) is 0 Å². The summed E-state index contributed by atoms with van der Waals surface area (Å²) in [6.45, 7) is 0.967. The molecule has 1 N–H and O–H groups in total. The molecule has 1 aliphatic heterocycles. The molecule has 0 radical (unpaired) electrons. The van der Waals surface area contributed by atoms with Crippen LogP contribution in [0.15, 0.2) is 30.3 Å². The molecule has 1 amide bonds. The lowest BCUT2D eigenvalue weighted by Crippen LogP contribution is -2.14. The number of benzene rings is 2. The highest BCUT2D eigenvalue weighted by molar-refractivity contribution is 6.04. The van der Waals surface area contributed by atoms with Crippen molar-refractivity contribution in [3.8, 4) is 11.5 Å². The molecule has 4 nitrogen and oxygen atoms in total. The van der Waals surface area contributed by atoms with Gasteiger partial charge in [0.1, 0.15) is 0 Å². The van der Waals surface area contributed by atoms with E-state index in [0.717, 1.165) is 18.6 Å². The Morgan fingerprint density at radius 3 is 2.48 bits per heavy atom. The Bertz CT molecular complexity index is 764. The summed E-state index contributed by atoms with van der Waals surface area (Å²) in [7, 11) is 0. The molecule has 0 saturated carbocycles. The quantitative estimate of drug-likeness (QED) is 0.860. The minimum absolute atomic E-state index is 0.179. The second-order valence-corrected chi connectivity index (χ2v) is 4.89. The number of amides is 1. The van der Waals surface area contributed by atoms with Crippen LogP contribution in [0.3, 0.4) is 0 Å². The fourth-order valence-corrected chi connectivity index (χ4v) is 2.12. The Morgan fingerprint density at radius 2 is 1.70 bits per heavy atom. The predicted octanol–water partition coefficient (Wildman–Crippen LogP) is 3.52. The fraction of sp³-hybridized carbons (Fsp3) is 0.188. The van der Waals surface area contributed by atoms with E-state index in [1.54, 1.807) is 6.07 Å². The summed E-state index contributed by atoms with van der Waals surface area (Å²) in [4.78, 5) is 12.1. The SMILES string of the molecule is O=C(Nc1ccc(F)c(F)c1F)c1ccc2c(c1)OCCCO2. The number of carbonyl (C=O) groups excluding carboxylic acids is 1. The van der Waals surface area contributed by atoms with Gasteiger partial charge in [-0.1, -0.05) is 0 Å². The second-order valence-electron chi connectivity index (χ2n) is 4.89. The molecule has 23 heavy (non-hydrogen) atoms. The number of ether oxygens (including phenoxy) is 2. The Balaban J connectivity index is 1.84. The van der Waals surface area contributed by atoms with Gasteiger partial charge in [0, 0.05) is 12.0 Å². The first-order valence-corrected chi connectivity index (χ1v) is 6.91. The monoisotopic (exact) mass is 323 g/mol. The van der Waals surface area contributed by atoms with Gasteiger partial charge in [-0.15, -0.1) is 0 Å². The number of rotatable bonds is 2. The Labute approximate surface area is 129 Å². The van der Waals surface area contributed by atoms with Crippen LogP contribution in [0.1, 0.15) is 16.8 Å². The van der Waals surface area contributed by atoms with Crippen LogP contribution in [0.25, 0.3) is 0 Å². The number of halogens is 3. The molecular weight excluding hydrogens is 311 g/mol. The number of carbonyl (C=O) groups is 1. The smallest absolute Gasteiger partial charge is 0.255 e. The van der Waals surface area contributed by atoms with Crippen molar-refractivity contribution in [2.75, 3.05) is 18.5 Å². The predicted molar refractivity (Wildman–Crippen MR) is 76.3 cm³/mol. The van der Waals surface area contributed by atoms with E-state index in [4.69, 9.17) is 9.47 Å². The second kappa shape index (κ2) is 6.20. The van der Waals surface area contributed by atoms with Crippen LogP contribution in [0.2, 0.25) is 0 Å². The van der Waals surface area contributed by atoms with Crippen molar-refractivity contribution in [2.24, 2.45) is 0 Å². The maximum Gasteiger partial charge on any atom is 0.255 e. The zero-order valence-electron chi connectivity index (χ0n) is 11.9. The van der Waals surface area contributed by atoms with Crippen LogP contribution in [0.5, 0.6) is 11.5 Å². The van der Waals surface area contributed by atoms with E-state index < -0.39 is 29.0 Å². The molecule has 3 rings (SSSR count). The number of hydrogen-bond donors (Lipinski definition) is 1. The van der Waals surface area contributed by atoms with Gasteiger partial charge in [0.15, 0.2) is 29.0 Å². The molecule has 0 aliphatic carbocycles. The first kappa shape index (κ1) is 15.2. The summed E-state index contributed by atoms with van der Waals surface area (Å²) in [6.07, 6.45) is 0.719. The van der Waals surface area contributed by atoms with Crippen molar-refractivity contribution >= 4 is 11.6 Å². The third-order valence-electron chi connectivity index (χ3n) is 3.29. The van der Waals surface area contributed by atoms with Crippen molar-refractivity contribution in [1.82, 2.24) is 0 Å².